The highest BCUT2D eigenvalue weighted by atomic mass is 35.5. The summed E-state index contributed by atoms with van der Waals surface area (Å²) in [6.45, 7) is 0.320. The molecule has 122 valence electrons. The van der Waals surface area contributed by atoms with Gasteiger partial charge in [-0.15, -0.1) is 11.3 Å². The molecule has 3 aromatic rings. The number of halogens is 1. The highest BCUT2D eigenvalue weighted by Crippen LogP contribution is 2.15. The Kier molecular flexibility index (Phi) is 5.08. The summed E-state index contributed by atoms with van der Waals surface area (Å²) >= 11 is 7.29. The van der Waals surface area contributed by atoms with Crippen LogP contribution in [-0.2, 0) is 13.0 Å². The summed E-state index contributed by atoms with van der Waals surface area (Å²) in [5.74, 6) is -0.314. The Morgan fingerprint density at radius 1 is 1.29 bits per heavy atom. The van der Waals surface area contributed by atoms with Crippen molar-refractivity contribution in [3.8, 4) is 0 Å². The molecule has 0 bridgehead atoms. The van der Waals surface area contributed by atoms with Crippen LogP contribution in [0, 0.1) is 0 Å². The molecule has 24 heavy (non-hydrogen) atoms. The maximum atomic E-state index is 12.1. The molecule has 2 aromatic heterocycles. The van der Waals surface area contributed by atoms with E-state index in [1.54, 1.807) is 11.3 Å². The second-order valence-electron chi connectivity index (χ2n) is 5.14. The number of hydrogen-bond donors (Lipinski definition) is 2. The highest BCUT2D eigenvalue weighted by Gasteiger charge is 2.09. The van der Waals surface area contributed by atoms with Crippen molar-refractivity contribution < 1.29 is 4.79 Å². The van der Waals surface area contributed by atoms with Crippen LogP contribution in [0.25, 0.3) is 0 Å². The van der Waals surface area contributed by atoms with Crippen molar-refractivity contribution in [2.45, 2.75) is 13.0 Å². The topological polar surface area (TPSA) is 74.8 Å². The van der Waals surface area contributed by atoms with E-state index in [9.17, 15) is 9.59 Å². The minimum Gasteiger partial charge on any atom is -0.346 e. The lowest BCUT2D eigenvalue weighted by Crippen LogP contribution is -2.24. The summed E-state index contributed by atoms with van der Waals surface area (Å²) in [7, 11) is 0. The van der Waals surface area contributed by atoms with Crippen LogP contribution >= 0.6 is 22.9 Å². The van der Waals surface area contributed by atoms with Crippen molar-refractivity contribution in [1.82, 2.24) is 15.3 Å². The molecule has 2 N–H and O–H groups in total. The first kappa shape index (κ1) is 16.4. The molecule has 1 aromatic carbocycles. The van der Waals surface area contributed by atoms with Crippen LogP contribution < -0.4 is 10.9 Å². The van der Waals surface area contributed by atoms with Gasteiger partial charge < -0.3 is 10.3 Å². The van der Waals surface area contributed by atoms with Crippen LogP contribution in [0.1, 0.15) is 26.6 Å². The average molecular weight is 360 g/mol. The summed E-state index contributed by atoms with van der Waals surface area (Å²) in [4.78, 5) is 30.2. The lowest BCUT2D eigenvalue weighted by Gasteiger charge is -2.03. The zero-order valence-electron chi connectivity index (χ0n) is 12.6. The summed E-state index contributed by atoms with van der Waals surface area (Å²) in [6, 6.07) is 11.4. The highest BCUT2D eigenvalue weighted by molar-refractivity contribution is 7.09. The third-order valence-corrected chi connectivity index (χ3v) is 4.53. The molecule has 1 amide bonds. The largest absolute Gasteiger partial charge is 0.346 e. The number of nitrogens with zero attached hydrogens (tertiary/aromatic N) is 1. The predicted octanol–water partition coefficient (Wildman–Crippen LogP) is 3.01. The molecule has 0 aliphatic rings. The number of rotatable bonds is 5. The molecular formula is C17H14ClN3O2S. The number of aromatic amines is 1. The van der Waals surface area contributed by atoms with Gasteiger partial charge in [0.05, 0.1) is 22.8 Å². The first-order chi connectivity index (χ1) is 11.6. The van der Waals surface area contributed by atoms with Crippen molar-refractivity contribution in [3.63, 3.8) is 0 Å². The molecule has 3 rings (SSSR count). The van der Waals surface area contributed by atoms with E-state index in [-0.39, 0.29) is 10.9 Å². The smallest absolute Gasteiger partial charge is 0.266 e. The van der Waals surface area contributed by atoms with E-state index in [1.165, 1.54) is 17.8 Å². The van der Waals surface area contributed by atoms with Crippen molar-refractivity contribution in [2.75, 3.05) is 0 Å². The summed E-state index contributed by atoms with van der Waals surface area (Å²) in [5, 5.41) is 5.68. The molecule has 0 radical (unpaired) electrons. The molecule has 0 saturated heterocycles. The first-order valence-corrected chi connectivity index (χ1v) is 8.51. The van der Waals surface area contributed by atoms with Gasteiger partial charge in [-0.1, -0.05) is 41.9 Å². The number of carbonyl (C=O) groups excluding carboxylic acids is 1. The third-order valence-electron chi connectivity index (χ3n) is 3.35. The van der Waals surface area contributed by atoms with Gasteiger partial charge in [0.15, 0.2) is 0 Å². The zero-order chi connectivity index (χ0) is 16.9. The van der Waals surface area contributed by atoms with Gasteiger partial charge in [-0.3, -0.25) is 9.59 Å². The molecular weight excluding hydrogens is 346 g/mol. The maximum Gasteiger partial charge on any atom is 0.266 e. The van der Waals surface area contributed by atoms with Gasteiger partial charge >= 0.3 is 0 Å². The maximum absolute atomic E-state index is 12.1. The molecule has 0 aliphatic carbocycles. The van der Waals surface area contributed by atoms with Gasteiger partial charge in [0.1, 0.15) is 5.02 Å². The molecule has 5 nitrogen and oxygen atoms in total. The Bertz CT molecular complexity index is 905. The van der Waals surface area contributed by atoms with Crippen LogP contribution in [0.5, 0.6) is 0 Å². The van der Waals surface area contributed by atoms with Crippen LogP contribution in [-0.4, -0.2) is 15.9 Å². The molecule has 0 spiro atoms. The van der Waals surface area contributed by atoms with Gasteiger partial charge in [-0.25, -0.2) is 4.98 Å². The van der Waals surface area contributed by atoms with Crippen molar-refractivity contribution in [1.29, 1.82) is 0 Å². The fourth-order valence-corrected chi connectivity index (χ4v) is 3.14. The van der Waals surface area contributed by atoms with E-state index in [0.29, 0.717) is 12.1 Å². The molecule has 2 heterocycles. The number of thiazole rings is 1. The number of nitrogens with one attached hydrogen (secondary N) is 2. The van der Waals surface area contributed by atoms with Crippen LogP contribution in [0.2, 0.25) is 5.02 Å². The molecule has 0 fully saturated rings. The third kappa shape index (κ3) is 4.10. The predicted molar refractivity (Wildman–Crippen MR) is 94.6 cm³/mol. The van der Waals surface area contributed by atoms with E-state index in [1.807, 2.05) is 23.6 Å². The normalized spacial score (nSPS) is 10.5. The number of amides is 1. The van der Waals surface area contributed by atoms with Gasteiger partial charge in [-0.05, 0) is 11.6 Å². The first-order valence-electron chi connectivity index (χ1n) is 7.25. The fraction of sp³-hybridized carbons (Fsp3) is 0.118. The molecule has 0 unspecified atom stereocenters. The Morgan fingerprint density at radius 2 is 2.08 bits per heavy atom. The number of H-pyrrole nitrogens is 1. The SMILES string of the molecule is O=C(NCc1csc(Cc2ccccc2)n1)c1c[nH]c(=O)c(Cl)c1. The Hall–Kier alpha value is -2.44. The van der Waals surface area contributed by atoms with Gasteiger partial charge in [0.2, 0.25) is 0 Å². The van der Waals surface area contributed by atoms with E-state index in [4.69, 9.17) is 11.6 Å². The number of carbonyl (C=O) groups is 1. The van der Waals surface area contributed by atoms with Crippen LogP contribution in [0.3, 0.4) is 0 Å². The minimum absolute atomic E-state index is 0.0125. The number of benzene rings is 1. The van der Waals surface area contributed by atoms with Crippen molar-refractivity contribution in [2.24, 2.45) is 0 Å². The Balaban J connectivity index is 1.59. The Labute approximate surface area is 147 Å². The number of hydrogen-bond acceptors (Lipinski definition) is 4. The standard InChI is InChI=1S/C17H14ClN3O2S/c18-14-7-12(8-19-17(14)23)16(22)20-9-13-10-24-15(21-13)6-11-4-2-1-3-5-11/h1-5,7-8,10H,6,9H2,(H,19,23)(H,20,22). The van der Waals surface area contributed by atoms with Gasteiger partial charge in [-0.2, -0.15) is 0 Å². The van der Waals surface area contributed by atoms with Crippen molar-refractivity contribution >= 4 is 28.8 Å². The van der Waals surface area contributed by atoms with Crippen molar-refractivity contribution in [3.05, 3.63) is 85.2 Å². The van der Waals surface area contributed by atoms with Gasteiger partial charge in [0, 0.05) is 18.0 Å². The second-order valence-corrected chi connectivity index (χ2v) is 6.49. The second kappa shape index (κ2) is 7.42. The molecule has 0 aliphatic heterocycles. The Morgan fingerprint density at radius 3 is 2.83 bits per heavy atom. The zero-order valence-corrected chi connectivity index (χ0v) is 14.2. The minimum atomic E-state index is -0.418. The quantitative estimate of drug-likeness (QED) is 0.735. The fourth-order valence-electron chi connectivity index (χ4n) is 2.14. The molecule has 0 saturated carbocycles. The average Bonchev–Trinajstić information content (AvgIpc) is 3.03. The van der Waals surface area contributed by atoms with E-state index in [2.05, 4.69) is 27.4 Å². The van der Waals surface area contributed by atoms with E-state index >= 15 is 0 Å². The monoisotopic (exact) mass is 359 g/mol. The van der Waals surface area contributed by atoms with E-state index in [0.717, 1.165) is 17.1 Å². The summed E-state index contributed by atoms with van der Waals surface area (Å²) < 4.78 is 0. The lowest BCUT2D eigenvalue weighted by atomic mass is 10.2. The van der Waals surface area contributed by atoms with E-state index < -0.39 is 5.56 Å². The summed E-state index contributed by atoms with van der Waals surface area (Å²) in [5.41, 5.74) is 1.89. The number of pyridine rings is 1. The number of aromatic nitrogens is 2. The lowest BCUT2D eigenvalue weighted by molar-refractivity contribution is 0.0950. The molecule has 7 heteroatoms. The van der Waals surface area contributed by atoms with Crippen LogP contribution in [0.4, 0.5) is 0 Å². The van der Waals surface area contributed by atoms with Gasteiger partial charge in [0.25, 0.3) is 11.5 Å². The van der Waals surface area contributed by atoms with Crippen LogP contribution in [0.15, 0.2) is 52.8 Å². The molecule has 0 atom stereocenters. The summed E-state index contributed by atoms with van der Waals surface area (Å²) in [6.07, 6.45) is 2.11.